The Balaban J connectivity index is 1.63. The molecule has 0 radical (unpaired) electrons. The van der Waals surface area contributed by atoms with Crippen molar-refractivity contribution in [2.45, 2.75) is 77.6 Å². The second-order valence-electron chi connectivity index (χ2n) is 8.97. The van der Waals surface area contributed by atoms with Gasteiger partial charge in [-0.05, 0) is 86.0 Å². The molecule has 4 rings (SSSR count). The van der Waals surface area contributed by atoms with Gasteiger partial charge in [0.2, 0.25) is 0 Å². The Morgan fingerprint density at radius 2 is 2.00 bits per heavy atom. The van der Waals surface area contributed by atoms with E-state index in [0.29, 0.717) is 11.2 Å². The summed E-state index contributed by atoms with van der Waals surface area (Å²) in [5.41, 5.74) is 2.23. The van der Waals surface area contributed by atoms with Gasteiger partial charge in [-0.2, -0.15) is 0 Å². The number of rotatable bonds is 3. The maximum Gasteiger partial charge on any atom is 0.155 e. The van der Waals surface area contributed by atoms with Crippen LogP contribution in [0.3, 0.4) is 0 Å². The Morgan fingerprint density at radius 1 is 1.13 bits per heavy atom. The highest BCUT2D eigenvalue weighted by Crippen LogP contribution is 2.66. The molecule has 0 amide bonds. The highest BCUT2D eigenvalue weighted by molar-refractivity contribution is 5.91. The average molecular weight is 314 g/mol. The smallest absolute Gasteiger partial charge is 0.155 e. The molecule has 4 aliphatic carbocycles. The summed E-state index contributed by atoms with van der Waals surface area (Å²) < 4.78 is 0. The zero-order chi connectivity index (χ0) is 16.1. The molecule has 0 aromatic heterocycles. The third-order valence-electron chi connectivity index (χ3n) is 8.25. The third-order valence-corrected chi connectivity index (χ3v) is 8.25. The Kier molecular flexibility index (Phi) is 3.77. The molecule has 0 heterocycles. The molecule has 0 spiro atoms. The molecule has 0 saturated heterocycles. The molecule has 0 N–H and O–H groups in total. The minimum Gasteiger partial charge on any atom is -0.303 e. The van der Waals surface area contributed by atoms with Gasteiger partial charge in [-0.1, -0.05) is 18.9 Å². The number of ketones is 1. The Hall–Kier alpha value is -0.920. The van der Waals surface area contributed by atoms with Crippen LogP contribution in [0.2, 0.25) is 0 Å². The standard InChI is InChI=1S/C21H30O2/c1-20-11-7-16(23)14-15(20)5-6-17-18(20)8-12-21(10-3-13-22)9-2-4-19(17)21/h13-14,17-19H,2-12H2,1H3/t17?,18?,19?,20-,21+/m0/s1. The van der Waals surface area contributed by atoms with Crippen LogP contribution in [-0.2, 0) is 9.59 Å². The van der Waals surface area contributed by atoms with Gasteiger partial charge in [-0.3, -0.25) is 4.79 Å². The van der Waals surface area contributed by atoms with Gasteiger partial charge < -0.3 is 4.79 Å². The highest BCUT2D eigenvalue weighted by atomic mass is 16.1. The van der Waals surface area contributed by atoms with Crippen molar-refractivity contribution in [3.63, 3.8) is 0 Å². The van der Waals surface area contributed by atoms with E-state index < -0.39 is 0 Å². The van der Waals surface area contributed by atoms with Crippen LogP contribution in [0.4, 0.5) is 0 Å². The van der Waals surface area contributed by atoms with E-state index >= 15 is 0 Å². The maximum absolute atomic E-state index is 11.9. The van der Waals surface area contributed by atoms with Crippen molar-refractivity contribution >= 4 is 12.1 Å². The van der Waals surface area contributed by atoms with E-state index in [1.54, 1.807) is 0 Å². The SMILES string of the molecule is C[C@]12CCC(=O)C=C1CCC1C3CCC[C@@]3(CCC=O)CCC12. The highest BCUT2D eigenvalue weighted by Gasteiger charge is 2.57. The lowest BCUT2D eigenvalue weighted by Crippen LogP contribution is -2.50. The molecule has 0 aromatic carbocycles. The van der Waals surface area contributed by atoms with E-state index in [-0.39, 0.29) is 5.41 Å². The predicted molar refractivity (Wildman–Crippen MR) is 91.0 cm³/mol. The summed E-state index contributed by atoms with van der Waals surface area (Å²) in [6.45, 7) is 2.45. The molecule has 0 aromatic rings. The lowest BCUT2D eigenvalue weighted by atomic mass is 9.47. The van der Waals surface area contributed by atoms with Gasteiger partial charge in [0.1, 0.15) is 6.29 Å². The van der Waals surface area contributed by atoms with E-state index in [0.717, 1.165) is 56.1 Å². The van der Waals surface area contributed by atoms with Crippen LogP contribution >= 0.6 is 0 Å². The first-order chi connectivity index (χ1) is 11.1. The van der Waals surface area contributed by atoms with Crippen LogP contribution in [0.5, 0.6) is 0 Å². The summed E-state index contributed by atoms with van der Waals surface area (Å²) in [7, 11) is 0. The fraction of sp³-hybridized carbons (Fsp3) is 0.810. The molecule has 23 heavy (non-hydrogen) atoms. The number of carbonyl (C=O) groups excluding carboxylic acids is 2. The number of hydrogen-bond donors (Lipinski definition) is 0. The van der Waals surface area contributed by atoms with E-state index in [4.69, 9.17) is 0 Å². The summed E-state index contributed by atoms with van der Waals surface area (Å²) in [6.07, 6.45) is 16.0. The first-order valence-corrected chi connectivity index (χ1v) is 9.77. The van der Waals surface area contributed by atoms with Gasteiger partial charge in [0, 0.05) is 12.8 Å². The van der Waals surface area contributed by atoms with Crippen molar-refractivity contribution in [3.8, 4) is 0 Å². The normalized spacial score (nSPS) is 45.7. The van der Waals surface area contributed by atoms with Crippen LogP contribution in [0.1, 0.15) is 77.6 Å². The number of allylic oxidation sites excluding steroid dienone is 1. The molecule has 126 valence electrons. The number of hydrogen-bond acceptors (Lipinski definition) is 2. The first-order valence-electron chi connectivity index (χ1n) is 9.77. The zero-order valence-electron chi connectivity index (χ0n) is 14.5. The Bertz CT molecular complexity index is 548. The molecular weight excluding hydrogens is 284 g/mol. The summed E-state index contributed by atoms with van der Waals surface area (Å²) in [5, 5.41) is 0. The molecule has 4 aliphatic rings. The summed E-state index contributed by atoms with van der Waals surface area (Å²) in [4.78, 5) is 22.8. The summed E-state index contributed by atoms with van der Waals surface area (Å²) in [6, 6.07) is 0. The van der Waals surface area contributed by atoms with Crippen LogP contribution in [0.15, 0.2) is 11.6 Å². The lowest BCUT2D eigenvalue weighted by molar-refractivity contribution is -0.117. The second kappa shape index (κ2) is 5.57. The fourth-order valence-electron chi connectivity index (χ4n) is 7.14. The van der Waals surface area contributed by atoms with Crippen molar-refractivity contribution in [2.75, 3.05) is 0 Å². The van der Waals surface area contributed by atoms with Gasteiger partial charge >= 0.3 is 0 Å². The number of carbonyl (C=O) groups is 2. The summed E-state index contributed by atoms with van der Waals surface area (Å²) >= 11 is 0. The Morgan fingerprint density at radius 3 is 2.83 bits per heavy atom. The minimum absolute atomic E-state index is 0.288. The van der Waals surface area contributed by atoms with Gasteiger partial charge in [0.15, 0.2) is 5.78 Å². The van der Waals surface area contributed by atoms with E-state index in [1.165, 1.54) is 44.1 Å². The van der Waals surface area contributed by atoms with Gasteiger partial charge in [-0.15, -0.1) is 0 Å². The van der Waals surface area contributed by atoms with Crippen molar-refractivity contribution in [2.24, 2.45) is 28.6 Å². The molecule has 2 heteroatoms. The fourth-order valence-corrected chi connectivity index (χ4v) is 7.14. The van der Waals surface area contributed by atoms with Gasteiger partial charge in [-0.25, -0.2) is 0 Å². The molecule has 0 bridgehead atoms. The largest absolute Gasteiger partial charge is 0.303 e. The monoisotopic (exact) mass is 314 g/mol. The van der Waals surface area contributed by atoms with Crippen molar-refractivity contribution in [1.82, 2.24) is 0 Å². The van der Waals surface area contributed by atoms with Crippen LogP contribution in [0, 0.1) is 28.6 Å². The van der Waals surface area contributed by atoms with Crippen LogP contribution < -0.4 is 0 Å². The molecular formula is C21H30O2. The Labute approximate surface area is 140 Å². The van der Waals surface area contributed by atoms with Crippen molar-refractivity contribution in [3.05, 3.63) is 11.6 Å². The van der Waals surface area contributed by atoms with Gasteiger partial charge in [0.05, 0.1) is 0 Å². The topological polar surface area (TPSA) is 34.1 Å². The zero-order valence-corrected chi connectivity index (χ0v) is 14.5. The number of fused-ring (bicyclic) bond motifs is 5. The molecule has 3 unspecified atom stereocenters. The summed E-state index contributed by atoms with van der Waals surface area (Å²) in [5.74, 6) is 2.82. The van der Waals surface area contributed by atoms with Crippen LogP contribution in [0.25, 0.3) is 0 Å². The first kappa shape index (κ1) is 15.6. The average Bonchev–Trinajstić information content (AvgIpc) is 2.98. The van der Waals surface area contributed by atoms with Gasteiger partial charge in [0.25, 0.3) is 0 Å². The molecule has 3 fully saturated rings. The second-order valence-corrected chi connectivity index (χ2v) is 8.97. The predicted octanol–water partition coefficient (Wildman–Crippen LogP) is 4.87. The van der Waals surface area contributed by atoms with E-state index in [9.17, 15) is 9.59 Å². The minimum atomic E-state index is 0.288. The van der Waals surface area contributed by atoms with Crippen molar-refractivity contribution in [1.29, 1.82) is 0 Å². The van der Waals surface area contributed by atoms with Crippen LogP contribution in [-0.4, -0.2) is 12.1 Å². The quantitative estimate of drug-likeness (QED) is 0.697. The lowest BCUT2D eigenvalue weighted by Gasteiger charge is -2.58. The molecule has 2 nitrogen and oxygen atoms in total. The van der Waals surface area contributed by atoms with E-state index in [2.05, 4.69) is 6.92 Å². The molecule has 3 saturated carbocycles. The third kappa shape index (κ3) is 2.27. The molecule has 0 aliphatic heterocycles. The number of aldehydes is 1. The molecule has 5 atom stereocenters. The van der Waals surface area contributed by atoms with Crippen molar-refractivity contribution < 1.29 is 9.59 Å². The maximum atomic E-state index is 11.9. The van der Waals surface area contributed by atoms with E-state index in [1.807, 2.05) is 6.08 Å².